The number of rotatable bonds is 5. The van der Waals surface area contributed by atoms with Crippen molar-refractivity contribution in [3.8, 4) is 0 Å². The third kappa shape index (κ3) is 4.81. The van der Waals surface area contributed by atoms with Gasteiger partial charge in [0.05, 0.1) is 0 Å². The first-order chi connectivity index (χ1) is 11.0. The average molecular weight is 318 g/mol. The molecule has 6 heteroatoms. The fourth-order valence-corrected chi connectivity index (χ4v) is 2.69. The highest BCUT2D eigenvalue weighted by molar-refractivity contribution is 5.94. The van der Waals surface area contributed by atoms with Crippen molar-refractivity contribution in [1.29, 1.82) is 0 Å². The first-order valence-corrected chi connectivity index (χ1v) is 7.84. The van der Waals surface area contributed by atoms with E-state index in [-0.39, 0.29) is 18.2 Å². The van der Waals surface area contributed by atoms with Crippen LogP contribution in [0, 0.1) is 0 Å². The lowest BCUT2D eigenvalue weighted by atomic mass is 9.99. The molecule has 0 radical (unpaired) electrons. The Balaban J connectivity index is 1.90. The lowest BCUT2D eigenvalue weighted by Crippen LogP contribution is -2.41. The predicted octanol–water partition coefficient (Wildman–Crippen LogP) is 1.86. The molecule has 2 N–H and O–H groups in total. The van der Waals surface area contributed by atoms with Gasteiger partial charge in [0.1, 0.15) is 0 Å². The highest BCUT2D eigenvalue weighted by Gasteiger charge is 2.18. The number of ketones is 1. The lowest BCUT2D eigenvalue weighted by molar-refractivity contribution is -0.137. The van der Waals surface area contributed by atoms with Gasteiger partial charge >= 0.3 is 12.0 Å². The zero-order chi connectivity index (χ0) is 16.8. The molecule has 2 rings (SSSR count). The van der Waals surface area contributed by atoms with Crippen LogP contribution in [-0.2, 0) is 17.6 Å². The van der Waals surface area contributed by atoms with Gasteiger partial charge in [-0.05, 0) is 43.4 Å². The summed E-state index contributed by atoms with van der Waals surface area (Å²) in [6.45, 7) is 3.13. The standard InChI is InChI=1S/C17H22N2O4/c1-12(20)14-5-4-13-6-9-19(10-7-15(13)11-14)17(23)18-8-2-3-16(21)22/h4-5,11H,2-3,6-10H2,1H3,(H,18,23)(H,21,22). The molecule has 0 bridgehead atoms. The molecule has 0 saturated carbocycles. The van der Waals surface area contributed by atoms with Crippen LogP contribution in [0.25, 0.3) is 0 Å². The van der Waals surface area contributed by atoms with Crippen LogP contribution in [0.15, 0.2) is 18.2 Å². The van der Waals surface area contributed by atoms with Gasteiger partial charge in [-0.15, -0.1) is 0 Å². The van der Waals surface area contributed by atoms with Gasteiger partial charge in [0.2, 0.25) is 0 Å². The second-order valence-electron chi connectivity index (χ2n) is 5.76. The van der Waals surface area contributed by atoms with E-state index in [9.17, 15) is 14.4 Å². The SMILES string of the molecule is CC(=O)c1ccc2c(c1)CCN(C(=O)NCCCC(=O)O)CC2. The minimum Gasteiger partial charge on any atom is -0.481 e. The molecule has 1 aromatic carbocycles. The van der Waals surface area contributed by atoms with Gasteiger partial charge in [-0.1, -0.05) is 12.1 Å². The van der Waals surface area contributed by atoms with Crippen LogP contribution < -0.4 is 5.32 Å². The van der Waals surface area contributed by atoms with E-state index in [1.54, 1.807) is 11.8 Å². The highest BCUT2D eigenvalue weighted by atomic mass is 16.4. The third-order valence-corrected chi connectivity index (χ3v) is 4.05. The van der Waals surface area contributed by atoms with E-state index in [1.165, 1.54) is 5.56 Å². The van der Waals surface area contributed by atoms with E-state index in [0.717, 1.165) is 18.4 Å². The molecule has 0 aromatic heterocycles. The van der Waals surface area contributed by atoms with Gasteiger partial charge in [-0.25, -0.2) is 4.79 Å². The smallest absolute Gasteiger partial charge is 0.317 e. The number of nitrogens with one attached hydrogen (secondary N) is 1. The molecule has 0 saturated heterocycles. The van der Waals surface area contributed by atoms with Crippen LogP contribution in [-0.4, -0.2) is 47.4 Å². The molecule has 1 aliphatic rings. The van der Waals surface area contributed by atoms with Gasteiger partial charge in [0.15, 0.2) is 5.78 Å². The lowest BCUT2D eigenvalue weighted by Gasteiger charge is -2.20. The molecule has 0 fully saturated rings. The van der Waals surface area contributed by atoms with Gasteiger partial charge in [0.25, 0.3) is 0 Å². The van der Waals surface area contributed by atoms with Crippen LogP contribution >= 0.6 is 0 Å². The topological polar surface area (TPSA) is 86.7 Å². The summed E-state index contributed by atoms with van der Waals surface area (Å²) in [7, 11) is 0. The number of fused-ring (bicyclic) bond motifs is 1. The van der Waals surface area contributed by atoms with E-state index in [2.05, 4.69) is 5.32 Å². The van der Waals surface area contributed by atoms with Crippen molar-refractivity contribution in [2.75, 3.05) is 19.6 Å². The number of hydrogen-bond donors (Lipinski definition) is 2. The van der Waals surface area contributed by atoms with Crippen molar-refractivity contribution in [3.63, 3.8) is 0 Å². The molecule has 1 heterocycles. The Bertz CT molecular complexity index is 613. The zero-order valence-electron chi connectivity index (χ0n) is 13.3. The van der Waals surface area contributed by atoms with E-state index >= 15 is 0 Å². The summed E-state index contributed by atoms with van der Waals surface area (Å²) in [5.74, 6) is -0.809. The van der Waals surface area contributed by atoms with Gasteiger partial charge in [-0.3, -0.25) is 9.59 Å². The summed E-state index contributed by atoms with van der Waals surface area (Å²) < 4.78 is 0. The number of carboxylic acids is 1. The average Bonchev–Trinajstić information content (AvgIpc) is 2.73. The number of benzene rings is 1. The first kappa shape index (κ1) is 17.0. The summed E-state index contributed by atoms with van der Waals surface area (Å²) in [5.41, 5.74) is 3.00. The Morgan fingerprint density at radius 1 is 1.17 bits per heavy atom. The van der Waals surface area contributed by atoms with Gasteiger partial charge in [-0.2, -0.15) is 0 Å². The van der Waals surface area contributed by atoms with Crippen LogP contribution in [0.2, 0.25) is 0 Å². The van der Waals surface area contributed by atoms with E-state index < -0.39 is 5.97 Å². The van der Waals surface area contributed by atoms with Crippen LogP contribution in [0.5, 0.6) is 0 Å². The number of aliphatic carboxylic acids is 1. The quantitative estimate of drug-likeness (QED) is 0.641. The van der Waals surface area contributed by atoms with Crippen molar-refractivity contribution < 1.29 is 19.5 Å². The molecule has 2 amide bonds. The minimum absolute atomic E-state index is 0.0464. The second kappa shape index (κ2) is 7.76. The molecule has 124 valence electrons. The maximum atomic E-state index is 12.1. The largest absolute Gasteiger partial charge is 0.481 e. The normalized spacial score (nSPS) is 13.9. The Morgan fingerprint density at radius 3 is 2.52 bits per heavy atom. The number of hydrogen-bond acceptors (Lipinski definition) is 3. The monoisotopic (exact) mass is 318 g/mol. The fourth-order valence-electron chi connectivity index (χ4n) is 2.69. The molecule has 0 spiro atoms. The summed E-state index contributed by atoms with van der Waals surface area (Å²) >= 11 is 0. The van der Waals surface area contributed by atoms with Crippen LogP contribution in [0.3, 0.4) is 0 Å². The molecular weight excluding hydrogens is 296 g/mol. The highest BCUT2D eigenvalue weighted by Crippen LogP contribution is 2.18. The van der Waals surface area contributed by atoms with Crippen LogP contribution in [0.4, 0.5) is 4.79 Å². The predicted molar refractivity (Wildman–Crippen MR) is 85.7 cm³/mol. The Kier molecular flexibility index (Phi) is 5.73. The Hall–Kier alpha value is -2.37. The molecule has 0 atom stereocenters. The summed E-state index contributed by atoms with van der Waals surface area (Å²) in [6.07, 6.45) is 1.96. The maximum absolute atomic E-state index is 12.1. The van der Waals surface area contributed by atoms with Crippen molar-refractivity contribution in [3.05, 3.63) is 34.9 Å². The number of carboxylic acid groups (broad SMARTS) is 1. The van der Waals surface area contributed by atoms with Gasteiger partial charge in [0, 0.05) is 31.6 Å². The zero-order valence-corrected chi connectivity index (χ0v) is 13.3. The Labute approximate surface area is 135 Å². The van der Waals surface area contributed by atoms with Crippen molar-refractivity contribution in [2.45, 2.75) is 32.6 Å². The summed E-state index contributed by atoms with van der Waals surface area (Å²) in [6, 6.07) is 5.57. The fraction of sp³-hybridized carbons (Fsp3) is 0.471. The molecule has 0 aliphatic carbocycles. The number of nitrogens with zero attached hydrogens (tertiary/aromatic N) is 1. The minimum atomic E-state index is -0.856. The Morgan fingerprint density at radius 2 is 1.87 bits per heavy atom. The van der Waals surface area contributed by atoms with Gasteiger partial charge < -0.3 is 15.3 Å². The maximum Gasteiger partial charge on any atom is 0.317 e. The molecule has 23 heavy (non-hydrogen) atoms. The molecule has 1 aromatic rings. The first-order valence-electron chi connectivity index (χ1n) is 7.84. The molecular formula is C17H22N2O4. The van der Waals surface area contributed by atoms with Crippen molar-refractivity contribution in [2.24, 2.45) is 0 Å². The van der Waals surface area contributed by atoms with E-state index in [0.29, 0.717) is 31.6 Å². The second-order valence-corrected chi connectivity index (χ2v) is 5.76. The van der Waals surface area contributed by atoms with Crippen molar-refractivity contribution >= 4 is 17.8 Å². The number of Topliss-reactive ketones (excluding diaryl/α,β-unsaturated/α-hetero) is 1. The third-order valence-electron chi connectivity index (χ3n) is 4.05. The molecule has 1 aliphatic heterocycles. The van der Waals surface area contributed by atoms with E-state index in [1.807, 2.05) is 18.2 Å². The number of amides is 2. The van der Waals surface area contributed by atoms with Crippen molar-refractivity contribution in [1.82, 2.24) is 10.2 Å². The number of urea groups is 1. The number of carbonyl (C=O) groups is 3. The van der Waals surface area contributed by atoms with Crippen LogP contribution in [0.1, 0.15) is 41.3 Å². The summed E-state index contributed by atoms with van der Waals surface area (Å²) in [5, 5.41) is 11.3. The summed E-state index contributed by atoms with van der Waals surface area (Å²) in [4.78, 5) is 35.8. The number of carbonyl (C=O) groups excluding carboxylic acids is 2. The molecule has 0 unspecified atom stereocenters. The van der Waals surface area contributed by atoms with E-state index in [4.69, 9.17) is 5.11 Å². The molecule has 6 nitrogen and oxygen atoms in total.